The molecule has 0 aromatic carbocycles. The average molecular weight is 157 g/mol. The van der Waals surface area contributed by atoms with Crippen LogP contribution < -0.4 is 5.32 Å². The van der Waals surface area contributed by atoms with Gasteiger partial charge in [-0.15, -0.1) is 0 Å². The Bertz CT molecular complexity index is 139. The average Bonchev–Trinajstić information content (AvgIpc) is 2.70. The third-order valence-electron chi connectivity index (χ3n) is 2.30. The number of aliphatic hydroxyl groups is 1. The van der Waals surface area contributed by atoms with Crippen LogP contribution in [0.15, 0.2) is 0 Å². The van der Waals surface area contributed by atoms with Crippen LogP contribution in [0.1, 0.15) is 32.1 Å². The van der Waals surface area contributed by atoms with Crippen LogP contribution in [0.4, 0.5) is 0 Å². The summed E-state index contributed by atoms with van der Waals surface area (Å²) in [5.41, 5.74) is 0. The highest BCUT2D eigenvalue weighted by Crippen LogP contribution is 2.37. The first kappa shape index (κ1) is 7.53. The van der Waals surface area contributed by atoms with Crippen LogP contribution >= 0.6 is 0 Å². The van der Waals surface area contributed by atoms with Gasteiger partial charge in [-0.2, -0.15) is 0 Å². The first-order valence-electron chi connectivity index (χ1n) is 4.42. The molecule has 2 aliphatic rings. The molecule has 2 rings (SSSR count). The molecule has 0 amide bonds. The van der Waals surface area contributed by atoms with E-state index < -0.39 is 5.79 Å². The van der Waals surface area contributed by atoms with E-state index in [1.54, 1.807) is 0 Å². The van der Waals surface area contributed by atoms with Gasteiger partial charge in [0.15, 0.2) is 5.79 Å². The van der Waals surface area contributed by atoms with E-state index in [0.29, 0.717) is 0 Å². The van der Waals surface area contributed by atoms with Crippen molar-refractivity contribution in [2.75, 3.05) is 6.54 Å². The summed E-state index contributed by atoms with van der Waals surface area (Å²) < 4.78 is 5.43. The Balaban J connectivity index is 1.76. The van der Waals surface area contributed by atoms with E-state index in [1.165, 1.54) is 12.8 Å². The summed E-state index contributed by atoms with van der Waals surface area (Å²) in [6.45, 7) is 1.03. The molecule has 64 valence electrons. The van der Waals surface area contributed by atoms with Crippen LogP contribution in [-0.2, 0) is 4.74 Å². The summed E-state index contributed by atoms with van der Waals surface area (Å²) in [4.78, 5) is 0. The van der Waals surface area contributed by atoms with Crippen molar-refractivity contribution in [2.24, 2.45) is 0 Å². The van der Waals surface area contributed by atoms with Crippen molar-refractivity contribution in [3.63, 3.8) is 0 Å². The molecular formula is C8H15NO2. The Hall–Kier alpha value is -0.120. The zero-order valence-electron chi connectivity index (χ0n) is 6.68. The van der Waals surface area contributed by atoms with E-state index in [4.69, 9.17) is 4.74 Å². The summed E-state index contributed by atoms with van der Waals surface area (Å²) >= 11 is 0. The topological polar surface area (TPSA) is 41.5 Å². The maximum Gasteiger partial charge on any atom is 0.167 e. The molecule has 0 aromatic heterocycles. The SMILES string of the molecule is OC1(OC2CCCCN2)CC1. The summed E-state index contributed by atoms with van der Waals surface area (Å²) in [7, 11) is 0. The van der Waals surface area contributed by atoms with Crippen molar-refractivity contribution in [2.45, 2.75) is 44.1 Å². The van der Waals surface area contributed by atoms with E-state index in [0.717, 1.165) is 25.8 Å². The van der Waals surface area contributed by atoms with Crippen LogP contribution in [-0.4, -0.2) is 23.7 Å². The molecule has 0 bridgehead atoms. The lowest BCUT2D eigenvalue weighted by Crippen LogP contribution is -2.39. The van der Waals surface area contributed by atoms with Gasteiger partial charge in [0.2, 0.25) is 0 Å². The number of hydrogen-bond acceptors (Lipinski definition) is 3. The number of hydrogen-bond donors (Lipinski definition) is 2. The number of piperidine rings is 1. The first-order valence-corrected chi connectivity index (χ1v) is 4.42. The van der Waals surface area contributed by atoms with Gasteiger partial charge in [-0.25, -0.2) is 0 Å². The minimum atomic E-state index is -0.755. The first-order chi connectivity index (χ1) is 5.29. The number of nitrogens with one attached hydrogen (secondary N) is 1. The molecule has 1 aliphatic heterocycles. The highest BCUT2D eigenvalue weighted by atomic mass is 16.6. The van der Waals surface area contributed by atoms with Gasteiger partial charge in [-0.05, 0) is 25.8 Å². The maximum atomic E-state index is 9.42. The van der Waals surface area contributed by atoms with E-state index in [2.05, 4.69) is 5.32 Å². The van der Waals surface area contributed by atoms with Gasteiger partial charge in [0.25, 0.3) is 0 Å². The molecule has 1 unspecified atom stereocenters. The molecule has 11 heavy (non-hydrogen) atoms. The lowest BCUT2D eigenvalue weighted by Gasteiger charge is -2.25. The highest BCUT2D eigenvalue weighted by molar-refractivity contribution is 4.85. The Kier molecular flexibility index (Phi) is 1.87. The zero-order valence-corrected chi connectivity index (χ0v) is 6.68. The third-order valence-corrected chi connectivity index (χ3v) is 2.30. The molecule has 0 radical (unpaired) electrons. The van der Waals surface area contributed by atoms with E-state index in [9.17, 15) is 5.11 Å². The summed E-state index contributed by atoms with van der Waals surface area (Å²) in [6, 6.07) is 0. The predicted octanol–water partition coefficient (Wildman–Crippen LogP) is 0.585. The maximum absolute atomic E-state index is 9.42. The fourth-order valence-electron chi connectivity index (χ4n) is 1.41. The molecule has 1 heterocycles. The Morgan fingerprint density at radius 3 is 2.73 bits per heavy atom. The second kappa shape index (κ2) is 2.73. The van der Waals surface area contributed by atoms with Gasteiger partial charge in [-0.3, -0.25) is 5.32 Å². The Morgan fingerprint density at radius 2 is 2.18 bits per heavy atom. The molecule has 1 saturated carbocycles. The van der Waals surface area contributed by atoms with E-state index >= 15 is 0 Å². The quantitative estimate of drug-likeness (QED) is 0.576. The lowest BCUT2D eigenvalue weighted by molar-refractivity contribution is -0.173. The second-order valence-corrected chi connectivity index (χ2v) is 3.50. The van der Waals surface area contributed by atoms with Gasteiger partial charge in [0, 0.05) is 12.8 Å². The molecule has 1 aliphatic carbocycles. The molecule has 0 aromatic rings. The monoisotopic (exact) mass is 157 g/mol. The van der Waals surface area contributed by atoms with Gasteiger partial charge < -0.3 is 9.84 Å². The number of ether oxygens (including phenoxy) is 1. The van der Waals surface area contributed by atoms with Crippen molar-refractivity contribution >= 4 is 0 Å². The van der Waals surface area contributed by atoms with Gasteiger partial charge in [0.05, 0.1) is 0 Å². The van der Waals surface area contributed by atoms with Crippen LogP contribution in [0.25, 0.3) is 0 Å². The molecule has 1 atom stereocenters. The largest absolute Gasteiger partial charge is 0.365 e. The normalized spacial score (nSPS) is 35.2. The second-order valence-electron chi connectivity index (χ2n) is 3.50. The smallest absolute Gasteiger partial charge is 0.167 e. The molecule has 2 N–H and O–H groups in total. The van der Waals surface area contributed by atoms with Crippen LogP contribution in [0.3, 0.4) is 0 Å². The Labute approximate surface area is 66.7 Å². The minimum Gasteiger partial charge on any atom is -0.365 e. The van der Waals surface area contributed by atoms with Crippen LogP contribution in [0.2, 0.25) is 0 Å². The number of rotatable bonds is 2. The lowest BCUT2D eigenvalue weighted by atomic mass is 10.1. The van der Waals surface area contributed by atoms with Gasteiger partial charge in [-0.1, -0.05) is 0 Å². The van der Waals surface area contributed by atoms with E-state index in [1.807, 2.05) is 0 Å². The van der Waals surface area contributed by atoms with Crippen molar-refractivity contribution in [1.29, 1.82) is 0 Å². The molecule has 3 nitrogen and oxygen atoms in total. The van der Waals surface area contributed by atoms with Crippen molar-refractivity contribution in [1.82, 2.24) is 5.32 Å². The summed E-state index contributed by atoms with van der Waals surface area (Å²) in [6.07, 6.45) is 5.22. The van der Waals surface area contributed by atoms with Crippen LogP contribution in [0.5, 0.6) is 0 Å². The summed E-state index contributed by atoms with van der Waals surface area (Å²) in [5, 5.41) is 12.7. The van der Waals surface area contributed by atoms with Crippen LogP contribution in [0, 0.1) is 0 Å². The molecule has 0 spiro atoms. The summed E-state index contributed by atoms with van der Waals surface area (Å²) in [5.74, 6) is -0.755. The molecule has 3 heteroatoms. The molecule has 1 saturated heterocycles. The molecule has 2 fully saturated rings. The standard InChI is InChI=1S/C8H15NO2/c10-8(4-5-8)11-7-3-1-2-6-9-7/h7,9-10H,1-6H2. The van der Waals surface area contributed by atoms with Crippen molar-refractivity contribution in [3.05, 3.63) is 0 Å². The van der Waals surface area contributed by atoms with Gasteiger partial charge >= 0.3 is 0 Å². The predicted molar refractivity (Wildman–Crippen MR) is 40.9 cm³/mol. The highest BCUT2D eigenvalue weighted by Gasteiger charge is 2.43. The fraction of sp³-hybridized carbons (Fsp3) is 1.00. The fourth-order valence-corrected chi connectivity index (χ4v) is 1.41. The minimum absolute atomic E-state index is 0.108. The van der Waals surface area contributed by atoms with Crippen molar-refractivity contribution < 1.29 is 9.84 Å². The third kappa shape index (κ3) is 1.92. The molecular weight excluding hydrogens is 142 g/mol. The Morgan fingerprint density at radius 1 is 1.36 bits per heavy atom. The van der Waals surface area contributed by atoms with E-state index in [-0.39, 0.29) is 6.23 Å². The van der Waals surface area contributed by atoms with Gasteiger partial charge in [0.1, 0.15) is 6.23 Å². The zero-order chi connectivity index (χ0) is 7.73. The van der Waals surface area contributed by atoms with Crippen molar-refractivity contribution in [3.8, 4) is 0 Å².